The number of unbranched alkanes of at least 4 members (excludes halogenated alkanes) is 1. The first-order valence-electron chi connectivity index (χ1n) is 16.2. The van der Waals surface area contributed by atoms with Crippen LogP contribution in [0.5, 0.6) is 0 Å². The fraction of sp³-hybridized carbons (Fsp3) is 0.444. The van der Waals surface area contributed by atoms with Crippen LogP contribution in [0.1, 0.15) is 74.4 Å². The highest BCUT2D eigenvalue weighted by atomic mass is 19.1. The van der Waals surface area contributed by atoms with E-state index in [9.17, 15) is 24.2 Å². The SMILES string of the molecule is CC(C)c1nc2c(c(-c3ccc(F)cc3)c1C=C[C@@H](O)C[C@@H](O)CC(=O)O)CCCc1nc(NC(=O)NCCCCN(C)C)ccc1-2. The number of pyridine rings is 2. The summed E-state index contributed by atoms with van der Waals surface area (Å²) in [5, 5.41) is 35.5. The van der Waals surface area contributed by atoms with Crippen LogP contribution in [0.25, 0.3) is 28.5 Å². The van der Waals surface area contributed by atoms with Crippen molar-refractivity contribution in [3.05, 3.63) is 70.8 Å². The van der Waals surface area contributed by atoms with E-state index in [0.717, 1.165) is 70.7 Å². The minimum Gasteiger partial charge on any atom is -0.481 e. The lowest BCUT2D eigenvalue weighted by atomic mass is 9.86. The molecule has 2 atom stereocenters. The molecule has 0 aliphatic heterocycles. The molecule has 0 spiro atoms. The van der Waals surface area contributed by atoms with Crippen LogP contribution in [0.4, 0.5) is 15.0 Å². The van der Waals surface area contributed by atoms with Crippen molar-refractivity contribution in [3.8, 4) is 22.4 Å². The number of aliphatic hydroxyl groups is 2. The standard InChI is InChI=1S/C36H46FN5O5/c1-22(2)34-29(15-14-25(43)20-26(44)21-32(45)46)33(23-10-12-24(37)13-11-23)28-8-7-9-30-27(35(28)41-34)16-17-31(39-30)40-36(47)38-18-5-6-19-42(3)4/h10-17,22,25-26,43-44H,5-9,18-21H2,1-4H3,(H,45,46)(H2,38,39,40,47)/t25-,26-/m1/s1. The lowest BCUT2D eigenvalue weighted by Gasteiger charge is -2.22. The first-order valence-corrected chi connectivity index (χ1v) is 16.2. The summed E-state index contributed by atoms with van der Waals surface area (Å²) < 4.78 is 14.1. The summed E-state index contributed by atoms with van der Waals surface area (Å²) in [7, 11) is 4.05. The number of carboxylic acids is 1. The Morgan fingerprint density at radius 3 is 2.47 bits per heavy atom. The van der Waals surface area contributed by atoms with Gasteiger partial charge in [0.05, 0.1) is 35.7 Å². The van der Waals surface area contributed by atoms with Crippen LogP contribution in [0, 0.1) is 5.82 Å². The smallest absolute Gasteiger partial charge is 0.320 e. The van der Waals surface area contributed by atoms with E-state index in [2.05, 4.69) is 15.5 Å². The molecule has 4 rings (SSSR count). The molecule has 0 bridgehead atoms. The summed E-state index contributed by atoms with van der Waals surface area (Å²) in [5.74, 6) is -1.07. The number of anilines is 1. The summed E-state index contributed by atoms with van der Waals surface area (Å²) in [4.78, 5) is 35.7. The number of urea groups is 1. The largest absolute Gasteiger partial charge is 0.481 e. The van der Waals surface area contributed by atoms with Crippen molar-refractivity contribution < 1.29 is 29.3 Å². The molecule has 0 radical (unpaired) electrons. The quantitative estimate of drug-likeness (QED) is 0.142. The number of benzene rings is 1. The Kier molecular flexibility index (Phi) is 12.6. The number of carbonyl (C=O) groups is 2. The van der Waals surface area contributed by atoms with Gasteiger partial charge in [0.2, 0.25) is 0 Å². The van der Waals surface area contributed by atoms with Gasteiger partial charge in [-0.1, -0.05) is 38.1 Å². The van der Waals surface area contributed by atoms with Gasteiger partial charge in [0.15, 0.2) is 0 Å². The molecule has 0 fully saturated rings. The second-order valence-electron chi connectivity index (χ2n) is 12.6. The maximum Gasteiger partial charge on any atom is 0.320 e. The van der Waals surface area contributed by atoms with E-state index < -0.39 is 24.6 Å². The molecule has 1 aliphatic carbocycles. The first-order chi connectivity index (χ1) is 22.4. The maximum atomic E-state index is 14.1. The molecule has 5 N–H and O–H groups in total. The molecule has 0 unspecified atom stereocenters. The Bertz CT molecular complexity index is 1570. The fourth-order valence-corrected chi connectivity index (χ4v) is 5.85. The first kappa shape index (κ1) is 35.7. The zero-order valence-corrected chi connectivity index (χ0v) is 27.6. The van der Waals surface area contributed by atoms with Gasteiger partial charge >= 0.3 is 12.0 Å². The highest BCUT2D eigenvalue weighted by Gasteiger charge is 2.26. The van der Waals surface area contributed by atoms with Crippen molar-refractivity contribution in [2.75, 3.05) is 32.5 Å². The van der Waals surface area contributed by atoms with Gasteiger partial charge in [-0.25, -0.2) is 14.2 Å². The summed E-state index contributed by atoms with van der Waals surface area (Å²) in [6.45, 7) is 5.58. The Morgan fingerprint density at radius 1 is 1.04 bits per heavy atom. The normalized spacial score (nSPS) is 14.1. The van der Waals surface area contributed by atoms with Crippen LogP contribution in [0.2, 0.25) is 0 Å². The van der Waals surface area contributed by atoms with Gasteiger partial charge in [-0.2, -0.15) is 0 Å². The molecule has 2 aromatic heterocycles. The summed E-state index contributed by atoms with van der Waals surface area (Å²) >= 11 is 0. The predicted octanol–water partition coefficient (Wildman–Crippen LogP) is 5.62. The predicted molar refractivity (Wildman–Crippen MR) is 182 cm³/mol. The number of nitrogens with one attached hydrogen (secondary N) is 2. The molecule has 252 valence electrons. The molecule has 0 saturated heterocycles. The highest BCUT2D eigenvalue weighted by molar-refractivity contribution is 5.89. The van der Waals surface area contributed by atoms with E-state index in [4.69, 9.17) is 15.1 Å². The van der Waals surface area contributed by atoms with Gasteiger partial charge in [0.25, 0.3) is 0 Å². The van der Waals surface area contributed by atoms with Crippen molar-refractivity contribution >= 4 is 23.9 Å². The van der Waals surface area contributed by atoms with Crippen LogP contribution >= 0.6 is 0 Å². The Balaban J connectivity index is 1.71. The molecular formula is C36H46FN5O5. The number of aliphatic hydroxyl groups excluding tert-OH is 2. The summed E-state index contributed by atoms with van der Waals surface area (Å²) in [5.41, 5.74) is 6.64. The number of fused-ring (bicyclic) bond motifs is 3. The number of carboxylic acid groups (broad SMARTS) is 1. The lowest BCUT2D eigenvalue weighted by molar-refractivity contribution is -0.139. The van der Waals surface area contributed by atoms with E-state index in [-0.39, 0.29) is 24.2 Å². The monoisotopic (exact) mass is 647 g/mol. The van der Waals surface area contributed by atoms with Gasteiger partial charge < -0.3 is 25.5 Å². The number of nitrogens with zero attached hydrogens (tertiary/aromatic N) is 3. The number of rotatable bonds is 14. The van der Waals surface area contributed by atoms with Gasteiger partial charge in [-0.05, 0) is 99.6 Å². The molecule has 10 nitrogen and oxygen atoms in total. The summed E-state index contributed by atoms with van der Waals surface area (Å²) in [6, 6.07) is 9.71. The molecular weight excluding hydrogens is 601 g/mol. The summed E-state index contributed by atoms with van der Waals surface area (Å²) in [6.07, 6.45) is 4.41. The van der Waals surface area contributed by atoms with E-state index in [0.29, 0.717) is 25.2 Å². The van der Waals surface area contributed by atoms with E-state index >= 15 is 0 Å². The van der Waals surface area contributed by atoms with Crippen molar-refractivity contribution in [1.82, 2.24) is 20.2 Å². The second-order valence-corrected chi connectivity index (χ2v) is 12.6. The average Bonchev–Trinajstić information content (AvgIpc) is 3.17. The number of hydrogen-bond donors (Lipinski definition) is 5. The van der Waals surface area contributed by atoms with Crippen molar-refractivity contribution in [1.29, 1.82) is 0 Å². The van der Waals surface area contributed by atoms with Gasteiger partial charge in [0.1, 0.15) is 11.6 Å². The Labute approximate surface area is 275 Å². The van der Waals surface area contributed by atoms with Crippen molar-refractivity contribution in [2.24, 2.45) is 0 Å². The number of amides is 2. The molecule has 1 aliphatic rings. The van der Waals surface area contributed by atoms with E-state index in [1.54, 1.807) is 30.4 Å². The third kappa shape index (κ3) is 9.90. The topological polar surface area (TPSA) is 148 Å². The molecule has 2 heterocycles. The molecule has 3 aromatic rings. The minimum absolute atomic E-state index is 0.0316. The van der Waals surface area contributed by atoms with Crippen LogP contribution in [-0.2, 0) is 17.6 Å². The van der Waals surface area contributed by atoms with E-state index in [1.807, 2.05) is 34.0 Å². The van der Waals surface area contributed by atoms with E-state index in [1.165, 1.54) is 12.1 Å². The highest BCUT2D eigenvalue weighted by Crippen LogP contribution is 2.42. The number of aromatic nitrogens is 2. The fourth-order valence-electron chi connectivity index (χ4n) is 5.85. The molecule has 47 heavy (non-hydrogen) atoms. The lowest BCUT2D eigenvalue weighted by Crippen LogP contribution is -2.30. The van der Waals surface area contributed by atoms with Crippen molar-refractivity contribution in [3.63, 3.8) is 0 Å². The average molecular weight is 648 g/mol. The number of aliphatic carboxylic acids is 1. The zero-order chi connectivity index (χ0) is 34.1. The molecule has 11 heteroatoms. The van der Waals surface area contributed by atoms with Gasteiger partial charge in [-0.15, -0.1) is 0 Å². The number of halogens is 1. The zero-order valence-electron chi connectivity index (χ0n) is 27.6. The minimum atomic E-state index is -1.19. The third-order valence-corrected chi connectivity index (χ3v) is 8.08. The maximum absolute atomic E-state index is 14.1. The van der Waals surface area contributed by atoms with Crippen LogP contribution in [-0.4, -0.2) is 81.6 Å². The van der Waals surface area contributed by atoms with Crippen LogP contribution in [0.15, 0.2) is 42.5 Å². The number of hydrogen-bond acceptors (Lipinski definition) is 7. The van der Waals surface area contributed by atoms with Gasteiger partial charge in [-0.3, -0.25) is 15.1 Å². The Hall–Kier alpha value is -4.19. The number of carbonyl (C=O) groups excluding carboxylic acids is 1. The third-order valence-electron chi connectivity index (χ3n) is 8.08. The van der Waals surface area contributed by atoms with Crippen LogP contribution in [0.3, 0.4) is 0 Å². The molecule has 1 aromatic carbocycles. The van der Waals surface area contributed by atoms with Crippen LogP contribution < -0.4 is 10.6 Å². The van der Waals surface area contributed by atoms with Gasteiger partial charge in [0, 0.05) is 24.1 Å². The Morgan fingerprint density at radius 2 is 1.79 bits per heavy atom. The second kappa shape index (κ2) is 16.6. The van der Waals surface area contributed by atoms with Crippen molar-refractivity contribution in [2.45, 2.75) is 76.9 Å². The molecule has 0 saturated carbocycles. The number of aryl methyl sites for hydroxylation is 1. The molecule has 2 amide bonds.